The fraction of sp³-hybridized carbons (Fsp3) is 1.00. The smallest absolute Gasteiger partial charge is 0.000946 e. The lowest BCUT2D eigenvalue weighted by atomic mass is 9.95. The molecule has 1 aliphatic rings. The molecule has 2 heteroatoms. The zero-order valence-electron chi connectivity index (χ0n) is 9.84. The zero-order chi connectivity index (χ0) is 10.4. The summed E-state index contributed by atoms with van der Waals surface area (Å²) in [5, 5.41) is 0. The van der Waals surface area contributed by atoms with Crippen molar-refractivity contribution in [2.75, 3.05) is 26.2 Å². The number of rotatable bonds is 5. The molecule has 0 aromatic rings. The summed E-state index contributed by atoms with van der Waals surface area (Å²) in [5.74, 6) is 1.71. The highest BCUT2D eigenvalue weighted by Crippen LogP contribution is 2.18. The third kappa shape index (κ3) is 3.58. The largest absolute Gasteiger partial charge is 0.330 e. The third-order valence-electron chi connectivity index (χ3n) is 3.71. The first-order chi connectivity index (χ1) is 6.80. The molecule has 1 heterocycles. The molecule has 2 nitrogen and oxygen atoms in total. The molecule has 0 aromatic heterocycles. The lowest BCUT2D eigenvalue weighted by Gasteiger charge is -2.33. The molecule has 0 radical (unpaired) electrons. The van der Waals surface area contributed by atoms with Gasteiger partial charge in [-0.3, -0.25) is 0 Å². The first-order valence-electron chi connectivity index (χ1n) is 6.22. The van der Waals surface area contributed by atoms with E-state index in [4.69, 9.17) is 5.73 Å². The Bertz CT molecular complexity index is 135. The number of hydrogen-bond acceptors (Lipinski definition) is 2. The molecule has 0 atom stereocenters. The van der Waals surface area contributed by atoms with Crippen LogP contribution in [0.2, 0.25) is 0 Å². The maximum atomic E-state index is 5.68. The molecular formula is C12H26N2. The summed E-state index contributed by atoms with van der Waals surface area (Å²) in [6.07, 6.45) is 5.29. The molecule has 14 heavy (non-hydrogen) atoms. The van der Waals surface area contributed by atoms with Crippen molar-refractivity contribution in [3.63, 3.8) is 0 Å². The molecule has 0 unspecified atom stereocenters. The van der Waals surface area contributed by atoms with Crippen LogP contribution in [0, 0.1) is 11.8 Å². The summed E-state index contributed by atoms with van der Waals surface area (Å²) >= 11 is 0. The molecule has 2 N–H and O–H groups in total. The molecule has 0 amide bonds. The van der Waals surface area contributed by atoms with Crippen LogP contribution in [0.4, 0.5) is 0 Å². The first kappa shape index (κ1) is 12.0. The van der Waals surface area contributed by atoms with Crippen LogP contribution in [-0.4, -0.2) is 31.1 Å². The van der Waals surface area contributed by atoms with Crippen molar-refractivity contribution < 1.29 is 0 Å². The van der Waals surface area contributed by atoms with Gasteiger partial charge in [0.1, 0.15) is 0 Å². The molecular weight excluding hydrogens is 172 g/mol. The summed E-state index contributed by atoms with van der Waals surface area (Å²) in [6, 6.07) is 0. The van der Waals surface area contributed by atoms with Crippen LogP contribution in [0.1, 0.15) is 39.5 Å². The second kappa shape index (κ2) is 6.41. The second-order valence-electron chi connectivity index (χ2n) is 4.66. The highest BCUT2D eigenvalue weighted by atomic mass is 15.1. The number of likely N-dealkylation sites (tertiary alicyclic amines) is 1. The van der Waals surface area contributed by atoms with Crippen LogP contribution in [0.15, 0.2) is 0 Å². The van der Waals surface area contributed by atoms with Gasteiger partial charge in [-0.2, -0.15) is 0 Å². The van der Waals surface area contributed by atoms with Gasteiger partial charge in [0.25, 0.3) is 0 Å². The van der Waals surface area contributed by atoms with Gasteiger partial charge in [-0.15, -0.1) is 0 Å². The average molecular weight is 198 g/mol. The Morgan fingerprint density at radius 3 is 2.21 bits per heavy atom. The van der Waals surface area contributed by atoms with E-state index in [9.17, 15) is 0 Å². The fourth-order valence-electron chi connectivity index (χ4n) is 2.32. The lowest BCUT2D eigenvalue weighted by Crippen LogP contribution is -2.38. The monoisotopic (exact) mass is 198 g/mol. The minimum Gasteiger partial charge on any atom is -0.330 e. The van der Waals surface area contributed by atoms with E-state index in [0.717, 1.165) is 18.4 Å². The SMILES string of the molecule is CCC(CC)CN1CCC(CN)CC1. The van der Waals surface area contributed by atoms with E-state index in [2.05, 4.69) is 18.7 Å². The quantitative estimate of drug-likeness (QED) is 0.733. The zero-order valence-corrected chi connectivity index (χ0v) is 9.84. The Balaban J connectivity index is 2.21. The van der Waals surface area contributed by atoms with Crippen LogP contribution in [0.25, 0.3) is 0 Å². The van der Waals surface area contributed by atoms with Crippen LogP contribution in [-0.2, 0) is 0 Å². The van der Waals surface area contributed by atoms with Gasteiger partial charge in [-0.05, 0) is 44.3 Å². The number of nitrogens with zero attached hydrogens (tertiary/aromatic N) is 1. The Hall–Kier alpha value is -0.0800. The average Bonchev–Trinajstić information content (AvgIpc) is 2.26. The van der Waals surface area contributed by atoms with Gasteiger partial charge < -0.3 is 10.6 Å². The van der Waals surface area contributed by atoms with Crippen molar-refractivity contribution in [3.8, 4) is 0 Å². The standard InChI is InChI=1S/C12H26N2/c1-3-11(4-2)10-14-7-5-12(9-13)6-8-14/h11-12H,3-10,13H2,1-2H3. The van der Waals surface area contributed by atoms with Crippen molar-refractivity contribution in [2.45, 2.75) is 39.5 Å². The highest BCUT2D eigenvalue weighted by molar-refractivity contribution is 4.74. The molecule has 1 fully saturated rings. The minimum absolute atomic E-state index is 0.799. The summed E-state index contributed by atoms with van der Waals surface area (Å²) in [5.41, 5.74) is 5.68. The van der Waals surface area contributed by atoms with Crippen molar-refractivity contribution in [3.05, 3.63) is 0 Å². The summed E-state index contributed by atoms with van der Waals surface area (Å²) < 4.78 is 0. The van der Waals surface area contributed by atoms with Crippen LogP contribution < -0.4 is 5.73 Å². The molecule has 0 spiro atoms. The summed E-state index contributed by atoms with van der Waals surface area (Å²) in [4.78, 5) is 2.63. The predicted octanol–water partition coefficient (Wildman–Crippen LogP) is 2.09. The normalized spacial score (nSPS) is 20.6. The Kier molecular flexibility index (Phi) is 5.49. The lowest BCUT2D eigenvalue weighted by molar-refractivity contribution is 0.159. The van der Waals surface area contributed by atoms with Gasteiger partial charge in [-0.1, -0.05) is 26.7 Å². The van der Waals surface area contributed by atoms with Crippen molar-refractivity contribution in [1.82, 2.24) is 4.90 Å². The molecule has 0 aliphatic carbocycles. The molecule has 0 saturated carbocycles. The van der Waals surface area contributed by atoms with Gasteiger partial charge in [0.15, 0.2) is 0 Å². The van der Waals surface area contributed by atoms with E-state index in [0.29, 0.717) is 0 Å². The van der Waals surface area contributed by atoms with E-state index in [1.165, 1.54) is 45.3 Å². The maximum Gasteiger partial charge on any atom is 0.000946 e. The predicted molar refractivity (Wildman–Crippen MR) is 62.3 cm³/mol. The Morgan fingerprint density at radius 1 is 1.21 bits per heavy atom. The van der Waals surface area contributed by atoms with E-state index in [-0.39, 0.29) is 0 Å². The van der Waals surface area contributed by atoms with E-state index >= 15 is 0 Å². The molecule has 1 aliphatic heterocycles. The number of nitrogens with two attached hydrogens (primary N) is 1. The molecule has 0 bridgehead atoms. The van der Waals surface area contributed by atoms with Gasteiger partial charge in [0.05, 0.1) is 0 Å². The molecule has 0 aromatic carbocycles. The Labute approximate surface area is 88.8 Å². The number of hydrogen-bond donors (Lipinski definition) is 1. The van der Waals surface area contributed by atoms with Crippen LogP contribution in [0.5, 0.6) is 0 Å². The Morgan fingerprint density at radius 2 is 1.79 bits per heavy atom. The van der Waals surface area contributed by atoms with Gasteiger partial charge in [-0.25, -0.2) is 0 Å². The summed E-state index contributed by atoms with van der Waals surface area (Å²) in [6.45, 7) is 9.36. The fourth-order valence-corrected chi connectivity index (χ4v) is 2.32. The van der Waals surface area contributed by atoms with Crippen LogP contribution in [0.3, 0.4) is 0 Å². The van der Waals surface area contributed by atoms with Gasteiger partial charge >= 0.3 is 0 Å². The minimum atomic E-state index is 0.799. The van der Waals surface area contributed by atoms with Crippen molar-refractivity contribution in [1.29, 1.82) is 0 Å². The second-order valence-corrected chi connectivity index (χ2v) is 4.66. The first-order valence-corrected chi connectivity index (χ1v) is 6.22. The number of piperidine rings is 1. The maximum absolute atomic E-state index is 5.68. The summed E-state index contributed by atoms with van der Waals surface area (Å²) in [7, 11) is 0. The third-order valence-corrected chi connectivity index (χ3v) is 3.71. The van der Waals surface area contributed by atoms with Gasteiger partial charge in [0.2, 0.25) is 0 Å². The molecule has 1 saturated heterocycles. The van der Waals surface area contributed by atoms with E-state index < -0.39 is 0 Å². The molecule has 84 valence electrons. The molecule has 1 rings (SSSR count). The highest BCUT2D eigenvalue weighted by Gasteiger charge is 2.19. The topological polar surface area (TPSA) is 29.3 Å². The van der Waals surface area contributed by atoms with Crippen LogP contribution >= 0.6 is 0 Å². The van der Waals surface area contributed by atoms with Crippen molar-refractivity contribution in [2.24, 2.45) is 17.6 Å². The van der Waals surface area contributed by atoms with Crippen molar-refractivity contribution >= 4 is 0 Å². The van der Waals surface area contributed by atoms with E-state index in [1.807, 2.05) is 0 Å². The van der Waals surface area contributed by atoms with Gasteiger partial charge in [0, 0.05) is 6.54 Å². The van der Waals surface area contributed by atoms with E-state index in [1.54, 1.807) is 0 Å².